The Morgan fingerprint density at radius 1 is 1.44 bits per heavy atom. The maximum atomic E-state index is 8.69. The molecule has 0 saturated carbocycles. The minimum atomic E-state index is -0.0442. The molecule has 0 aromatic heterocycles. The number of oxime groups is 1. The second-order valence-electron chi connectivity index (χ2n) is 3.89. The number of amidine groups is 1. The molecule has 0 spiro atoms. The Balaban J connectivity index is 2.70. The van der Waals surface area contributed by atoms with Gasteiger partial charge in [-0.05, 0) is 32.0 Å². The average molecular weight is 273 g/mol. The van der Waals surface area contributed by atoms with Crippen molar-refractivity contribution in [2.24, 2.45) is 10.9 Å². The lowest BCUT2D eigenvalue weighted by Crippen LogP contribution is -2.17. The van der Waals surface area contributed by atoms with Crippen molar-refractivity contribution in [1.29, 1.82) is 0 Å². The van der Waals surface area contributed by atoms with E-state index in [1.165, 1.54) is 0 Å². The molecule has 0 aliphatic rings. The number of benzene rings is 1. The van der Waals surface area contributed by atoms with Crippen molar-refractivity contribution in [3.8, 4) is 5.75 Å². The van der Waals surface area contributed by atoms with Gasteiger partial charge in [0.05, 0.1) is 18.3 Å². The van der Waals surface area contributed by atoms with E-state index in [2.05, 4.69) is 5.16 Å². The molecular formula is C12H17ClN2O3. The molecule has 0 atom stereocenters. The van der Waals surface area contributed by atoms with Crippen LogP contribution in [0.3, 0.4) is 0 Å². The highest BCUT2D eigenvalue weighted by Gasteiger charge is 2.09. The Kier molecular flexibility index (Phi) is 5.74. The zero-order valence-electron chi connectivity index (χ0n) is 10.4. The molecular weight excluding hydrogens is 256 g/mol. The van der Waals surface area contributed by atoms with Gasteiger partial charge in [-0.15, -0.1) is 0 Å². The predicted octanol–water partition coefficient (Wildman–Crippen LogP) is 2.24. The lowest BCUT2D eigenvalue weighted by Gasteiger charge is -2.12. The minimum Gasteiger partial charge on any atom is -0.490 e. The Morgan fingerprint density at radius 2 is 2.17 bits per heavy atom. The summed E-state index contributed by atoms with van der Waals surface area (Å²) >= 11 is 5.85. The summed E-state index contributed by atoms with van der Waals surface area (Å²) in [6, 6.07) is 4.93. The summed E-state index contributed by atoms with van der Waals surface area (Å²) in [7, 11) is 0. The van der Waals surface area contributed by atoms with Crippen LogP contribution in [-0.2, 0) is 4.74 Å². The van der Waals surface area contributed by atoms with E-state index in [-0.39, 0.29) is 11.9 Å². The topological polar surface area (TPSA) is 77.1 Å². The first-order valence-electron chi connectivity index (χ1n) is 5.56. The summed E-state index contributed by atoms with van der Waals surface area (Å²) in [5.74, 6) is 0.458. The van der Waals surface area contributed by atoms with Crippen molar-refractivity contribution in [2.45, 2.75) is 20.0 Å². The van der Waals surface area contributed by atoms with Gasteiger partial charge >= 0.3 is 0 Å². The molecule has 0 fully saturated rings. The van der Waals surface area contributed by atoms with E-state index in [1.807, 2.05) is 13.8 Å². The highest BCUT2D eigenvalue weighted by atomic mass is 35.5. The lowest BCUT2D eigenvalue weighted by molar-refractivity contribution is 0.0552. The van der Waals surface area contributed by atoms with Crippen molar-refractivity contribution < 1.29 is 14.7 Å². The second kappa shape index (κ2) is 7.08. The molecule has 0 bridgehead atoms. The van der Waals surface area contributed by atoms with Gasteiger partial charge in [0.1, 0.15) is 12.4 Å². The zero-order chi connectivity index (χ0) is 13.5. The first kappa shape index (κ1) is 14.6. The number of halogens is 1. The third-order valence-electron chi connectivity index (χ3n) is 2.12. The normalized spacial score (nSPS) is 11.9. The van der Waals surface area contributed by atoms with Gasteiger partial charge in [-0.3, -0.25) is 0 Å². The molecule has 5 nitrogen and oxygen atoms in total. The van der Waals surface area contributed by atoms with E-state index in [4.69, 9.17) is 32.0 Å². The standard InChI is InChI=1S/C12H17ClN2O3/c1-8(2)17-5-6-18-11-4-3-9(13)7-10(11)12(14)15-16/h3-4,7-8,16H,5-6H2,1-2H3,(H2,14,15). The number of ether oxygens (including phenoxy) is 2. The maximum Gasteiger partial charge on any atom is 0.173 e. The second-order valence-corrected chi connectivity index (χ2v) is 4.33. The van der Waals surface area contributed by atoms with Crippen molar-refractivity contribution >= 4 is 17.4 Å². The van der Waals surface area contributed by atoms with E-state index in [0.717, 1.165) is 0 Å². The smallest absolute Gasteiger partial charge is 0.173 e. The van der Waals surface area contributed by atoms with Gasteiger partial charge < -0.3 is 20.4 Å². The minimum absolute atomic E-state index is 0.0442. The summed E-state index contributed by atoms with van der Waals surface area (Å²) in [5, 5.41) is 12.1. The molecule has 0 aliphatic heterocycles. The van der Waals surface area contributed by atoms with Crippen molar-refractivity contribution in [3.63, 3.8) is 0 Å². The van der Waals surface area contributed by atoms with Gasteiger partial charge in [-0.2, -0.15) is 0 Å². The quantitative estimate of drug-likeness (QED) is 0.274. The third kappa shape index (κ3) is 4.43. The maximum absolute atomic E-state index is 8.69. The van der Waals surface area contributed by atoms with Crippen LogP contribution in [0.5, 0.6) is 5.75 Å². The SMILES string of the molecule is CC(C)OCCOc1ccc(Cl)cc1C(N)=NO. The monoisotopic (exact) mass is 272 g/mol. The summed E-state index contributed by atoms with van der Waals surface area (Å²) < 4.78 is 10.9. The zero-order valence-corrected chi connectivity index (χ0v) is 11.1. The molecule has 6 heteroatoms. The first-order chi connectivity index (χ1) is 8.54. The molecule has 1 aromatic carbocycles. The molecule has 0 aliphatic carbocycles. The number of rotatable bonds is 6. The number of nitrogens with two attached hydrogens (primary N) is 1. The van der Waals surface area contributed by atoms with Crippen LogP contribution in [0.1, 0.15) is 19.4 Å². The van der Waals surface area contributed by atoms with E-state index in [9.17, 15) is 0 Å². The van der Waals surface area contributed by atoms with Crippen LogP contribution in [0.4, 0.5) is 0 Å². The molecule has 100 valence electrons. The lowest BCUT2D eigenvalue weighted by atomic mass is 10.2. The third-order valence-corrected chi connectivity index (χ3v) is 2.35. The van der Waals surface area contributed by atoms with E-state index < -0.39 is 0 Å². The van der Waals surface area contributed by atoms with Crippen molar-refractivity contribution in [1.82, 2.24) is 0 Å². The Bertz CT molecular complexity index is 422. The highest BCUT2D eigenvalue weighted by molar-refractivity contribution is 6.31. The fourth-order valence-electron chi connectivity index (χ4n) is 1.32. The van der Waals surface area contributed by atoms with Crippen LogP contribution in [-0.4, -0.2) is 30.4 Å². The summed E-state index contributed by atoms with van der Waals surface area (Å²) in [6.07, 6.45) is 0.155. The predicted molar refractivity (Wildman–Crippen MR) is 70.5 cm³/mol. The summed E-state index contributed by atoms with van der Waals surface area (Å²) in [5.41, 5.74) is 6.00. The van der Waals surface area contributed by atoms with Gasteiger partial charge in [0.2, 0.25) is 0 Å². The van der Waals surface area contributed by atoms with E-state index in [1.54, 1.807) is 18.2 Å². The molecule has 1 rings (SSSR count). The van der Waals surface area contributed by atoms with Crippen LogP contribution in [0.2, 0.25) is 5.02 Å². The molecule has 0 amide bonds. The van der Waals surface area contributed by atoms with Crippen LogP contribution in [0.15, 0.2) is 23.4 Å². The van der Waals surface area contributed by atoms with Crippen molar-refractivity contribution in [2.75, 3.05) is 13.2 Å². The average Bonchev–Trinajstić information content (AvgIpc) is 2.34. The van der Waals surface area contributed by atoms with Crippen LogP contribution >= 0.6 is 11.6 Å². The molecule has 0 unspecified atom stereocenters. The largest absolute Gasteiger partial charge is 0.490 e. The molecule has 0 saturated heterocycles. The summed E-state index contributed by atoms with van der Waals surface area (Å²) in [6.45, 7) is 4.75. The molecule has 0 heterocycles. The van der Waals surface area contributed by atoms with Gasteiger partial charge in [-0.25, -0.2) is 0 Å². The van der Waals surface area contributed by atoms with Gasteiger partial charge in [0, 0.05) is 5.02 Å². The molecule has 0 radical (unpaired) electrons. The number of hydrogen-bond acceptors (Lipinski definition) is 4. The van der Waals surface area contributed by atoms with Crippen LogP contribution < -0.4 is 10.5 Å². The Hall–Kier alpha value is -1.46. The van der Waals surface area contributed by atoms with Gasteiger partial charge in [0.15, 0.2) is 5.84 Å². The van der Waals surface area contributed by atoms with Gasteiger partial charge in [0.25, 0.3) is 0 Å². The number of hydrogen-bond donors (Lipinski definition) is 2. The first-order valence-corrected chi connectivity index (χ1v) is 5.94. The van der Waals surface area contributed by atoms with Crippen molar-refractivity contribution in [3.05, 3.63) is 28.8 Å². The summed E-state index contributed by atoms with van der Waals surface area (Å²) in [4.78, 5) is 0. The van der Waals surface area contributed by atoms with E-state index >= 15 is 0 Å². The molecule has 3 N–H and O–H groups in total. The van der Waals surface area contributed by atoms with Gasteiger partial charge in [-0.1, -0.05) is 16.8 Å². The fourth-order valence-corrected chi connectivity index (χ4v) is 1.49. The highest BCUT2D eigenvalue weighted by Crippen LogP contribution is 2.22. The molecule has 1 aromatic rings. The Labute approximate surface area is 111 Å². The molecule has 18 heavy (non-hydrogen) atoms. The van der Waals surface area contributed by atoms with E-state index in [0.29, 0.717) is 29.5 Å². The Morgan fingerprint density at radius 3 is 2.78 bits per heavy atom. The van der Waals surface area contributed by atoms with Crippen LogP contribution in [0, 0.1) is 0 Å². The number of nitrogens with zero attached hydrogens (tertiary/aromatic N) is 1. The van der Waals surface area contributed by atoms with Crippen LogP contribution in [0.25, 0.3) is 0 Å². The fraction of sp³-hybridized carbons (Fsp3) is 0.417.